The van der Waals surface area contributed by atoms with Crippen LogP contribution in [0.4, 0.5) is 10.1 Å². The number of halogens is 1. The van der Waals surface area contributed by atoms with Crippen molar-refractivity contribution in [2.24, 2.45) is 0 Å². The molecule has 0 bridgehead atoms. The number of nitrogens with zero attached hydrogens (tertiary/aromatic N) is 2. The maximum absolute atomic E-state index is 13.0. The summed E-state index contributed by atoms with van der Waals surface area (Å²) in [6, 6.07) is 4.34. The number of hydrogen-bond acceptors (Lipinski definition) is 5. The van der Waals surface area contributed by atoms with Crippen LogP contribution >= 0.6 is 11.8 Å². The van der Waals surface area contributed by atoms with E-state index >= 15 is 0 Å². The minimum atomic E-state index is -0.449. The molecule has 0 saturated carbocycles. The predicted octanol–water partition coefficient (Wildman–Crippen LogP) is 2.71. The lowest BCUT2D eigenvalue weighted by atomic mass is 10.2. The van der Waals surface area contributed by atoms with Crippen molar-refractivity contribution in [2.45, 2.75) is 12.7 Å². The van der Waals surface area contributed by atoms with E-state index in [4.69, 9.17) is 10.3 Å². The highest BCUT2D eigenvalue weighted by Gasteiger charge is 2.10. The molecule has 0 fully saturated rings. The Hall–Kier alpha value is -1.56. The van der Waals surface area contributed by atoms with E-state index in [-0.39, 0.29) is 5.69 Å². The van der Waals surface area contributed by atoms with Crippen LogP contribution in [0.3, 0.4) is 0 Å². The molecule has 1 heterocycles. The highest BCUT2D eigenvalue weighted by Crippen LogP contribution is 2.22. The van der Waals surface area contributed by atoms with Crippen LogP contribution in [0, 0.1) is 5.82 Å². The Morgan fingerprint density at radius 1 is 1.47 bits per heavy atom. The van der Waals surface area contributed by atoms with Gasteiger partial charge in [-0.25, -0.2) is 4.39 Å². The second-order valence-corrected chi connectivity index (χ2v) is 4.66. The van der Waals surface area contributed by atoms with Crippen LogP contribution in [0.25, 0.3) is 11.5 Å². The summed E-state index contributed by atoms with van der Waals surface area (Å²) in [6.07, 6.45) is 0. The Labute approximate surface area is 102 Å². The van der Waals surface area contributed by atoms with Crippen LogP contribution in [0.15, 0.2) is 22.7 Å². The van der Waals surface area contributed by atoms with E-state index in [1.165, 1.54) is 12.1 Å². The number of benzene rings is 1. The highest BCUT2D eigenvalue weighted by molar-refractivity contribution is 7.98. The Morgan fingerprint density at radius 3 is 3.00 bits per heavy atom. The van der Waals surface area contributed by atoms with Gasteiger partial charge in [0.1, 0.15) is 5.82 Å². The Kier molecular flexibility index (Phi) is 3.63. The molecule has 0 unspecified atom stereocenters. The average Bonchev–Trinajstić information content (AvgIpc) is 2.79. The van der Waals surface area contributed by atoms with Crippen LogP contribution in [-0.2, 0) is 5.75 Å². The first-order valence-corrected chi connectivity index (χ1v) is 6.32. The molecule has 2 rings (SSSR count). The van der Waals surface area contributed by atoms with Gasteiger partial charge in [0.2, 0.25) is 0 Å². The molecule has 4 nitrogen and oxygen atoms in total. The molecule has 0 atom stereocenters. The molecule has 90 valence electrons. The number of nitrogens with two attached hydrogens (primary N) is 1. The SMILES string of the molecule is CCSCc1noc(-c2ccc(F)c(N)c2)n1. The summed E-state index contributed by atoms with van der Waals surface area (Å²) < 4.78 is 18.1. The minimum absolute atomic E-state index is 0.0742. The van der Waals surface area contributed by atoms with Gasteiger partial charge >= 0.3 is 0 Å². The quantitative estimate of drug-likeness (QED) is 0.849. The topological polar surface area (TPSA) is 64.9 Å². The van der Waals surface area contributed by atoms with Crippen molar-refractivity contribution >= 4 is 17.4 Å². The predicted molar refractivity (Wildman–Crippen MR) is 65.9 cm³/mol. The van der Waals surface area contributed by atoms with Crippen molar-refractivity contribution in [1.82, 2.24) is 10.1 Å². The molecule has 0 radical (unpaired) electrons. The second-order valence-electron chi connectivity index (χ2n) is 3.39. The summed E-state index contributed by atoms with van der Waals surface area (Å²) in [6.45, 7) is 2.06. The first kappa shape index (κ1) is 11.9. The molecule has 2 N–H and O–H groups in total. The Morgan fingerprint density at radius 2 is 2.29 bits per heavy atom. The molecule has 0 spiro atoms. The fraction of sp³-hybridized carbons (Fsp3) is 0.273. The summed E-state index contributed by atoms with van der Waals surface area (Å²) in [5.41, 5.74) is 6.18. The van der Waals surface area contributed by atoms with E-state index < -0.39 is 5.82 Å². The molecular formula is C11H12FN3OS. The molecule has 6 heteroatoms. The van der Waals surface area contributed by atoms with Gasteiger partial charge in [0.25, 0.3) is 5.89 Å². The van der Waals surface area contributed by atoms with Gasteiger partial charge in [-0.1, -0.05) is 12.1 Å². The molecule has 0 amide bonds. The largest absolute Gasteiger partial charge is 0.396 e. The minimum Gasteiger partial charge on any atom is -0.396 e. The third kappa shape index (κ3) is 2.76. The van der Waals surface area contributed by atoms with Crippen molar-refractivity contribution in [3.05, 3.63) is 29.8 Å². The lowest BCUT2D eigenvalue weighted by Crippen LogP contribution is -1.91. The number of anilines is 1. The molecule has 1 aromatic heterocycles. The van der Waals surface area contributed by atoms with Gasteiger partial charge in [-0.05, 0) is 24.0 Å². The van der Waals surface area contributed by atoms with Crippen LogP contribution in [0.2, 0.25) is 0 Å². The van der Waals surface area contributed by atoms with E-state index in [2.05, 4.69) is 17.1 Å². The van der Waals surface area contributed by atoms with Crippen LogP contribution < -0.4 is 5.73 Å². The standard InChI is InChI=1S/C11H12FN3OS/c1-2-17-6-10-14-11(16-15-10)7-3-4-8(12)9(13)5-7/h3-5H,2,6,13H2,1H3. The fourth-order valence-electron chi connectivity index (χ4n) is 1.30. The van der Waals surface area contributed by atoms with E-state index in [0.717, 1.165) is 5.75 Å². The highest BCUT2D eigenvalue weighted by atomic mass is 32.2. The molecular weight excluding hydrogens is 241 g/mol. The molecule has 2 aromatic rings. The van der Waals surface area contributed by atoms with Gasteiger partial charge in [-0.15, -0.1) is 0 Å². The van der Waals surface area contributed by atoms with Gasteiger partial charge in [0.05, 0.1) is 11.4 Å². The van der Waals surface area contributed by atoms with Crippen molar-refractivity contribution in [1.29, 1.82) is 0 Å². The molecule has 1 aromatic carbocycles. The Balaban J connectivity index is 2.21. The number of thioether (sulfide) groups is 1. The van der Waals surface area contributed by atoms with Crippen molar-refractivity contribution in [3.8, 4) is 11.5 Å². The summed E-state index contributed by atoms with van der Waals surface area (Å²) in [5.74, 6) is 2.25. The third-order valence-electron chi connectivity index (χ3n) is 2.15. The summed E-state index contributed by atoms with van der Waals surface area (Å²) in [4.78, 5) is 4.21. The second kappa shape index (κ2) is 5.18. The molecule has 0 aliphatic rings. The van der Waals surface area contributed by atoms with Gasteiger partial charge < -0.3 is 10.3 Å². The maximum atomic E-state index is 13.0. The van der Waals surface area contributed by atoms with Crippen molar-refractivity contribution in [2.75, 3.05) is 11.5 Å². The smallest absolute Gasteiger partial charge is 0.258 e. The van der Waals surface area contributed by atoms with Crippen LogP contribution in [-0.4, -0.2) is 15.9 Å². The summed E-state index contributed by atoms with van der Waals surface area (Å²) >= 11 is 1.71. The zero-order valence-electron chi connectivity index (χ0n) is 9.31. The molecule has 17 heavy (non-hydrogen) atoms. The van der Waals surface area contributed by atoms with Gasteiger partial charge in [0.15, 0.2) is 5.82 Å². The monoisotopic (exact) mass is 253 g/mol. The molecule has 0 saturated heterocycles. The van der Waals surface area contributed by atoms with Crippen LogP contribution in [0.1, 0.15) is 12.7 Å². The summed E-state index contributed by atoms with van der Waals surface area (Å²) in [5, 5.41) is 3.84. The van der Waals surface area contributed by atoms with Gasteiger partial charge in [0, 0.05) is 5.56 Å². The van der Waals surface area contributed by atoms with E-state index in [0.29, 0.717) is 23.0 Å². The molecule has 0 aliphatic carbocycles. The number of aromatic nitrogens is 2. The lowest BCUT2D eigenvalue weighted by molar-refractivity contribution is 0.425. The molecule has 0 aliphatic heterocycles. The first-order valence-electron chi connectivity index (χ1n) is 5.16. The van der Waals surface area contributed by atoms with Crippen molar-refractivity contribution < 1.29 is 8.91 Å². The normalized spacial score (nSPS) is 10.7. The van der Waals surface area contributed by atoms with E-state index in [1.807, 2.05) is 0 Å². The first-order chi connectivity index (χ1) is 8.20. The average molecular weight is 253 g/mol. The van der Waals surface area contributed by atoms with E-state index in [9.17, 15) is 4.39 Å². The fourth-order valence-corrected chi connectivity index (χ4v) is 1.80. The third-order valence-corrected chi connectivity index (χ3v) is 3.02. The Bertz CT molecular complexity index is 515. The zero-order valence-corrected chi connectivity index (χ0v) is 10.1. The lowest BCUT2D eigenvalue weighted by Gasteiger charge is -1.97. The van der Waals surface area contributed by atoms with Crippen molar-refractivity contribution in [3.63, 3.8) is 0 Å². The number of hydrogen-bond donors (Lipinski definition) is 1. The van der Waals surface area contributed by atoms with Crippen LogP contribution in [0.5, 0.6) is 0 Å². The maximum Gasteiger partial charge on any atom is 0.258 e. The van der Waals surface area contributed by atoms with Gasteiger partial charge in [-0.2, -0.15) is 16.7 Å². The number of nitrogen functional groups attached to an aromatic ring is 1. The van der Waals surface area contributed by atoms with Gasteiger partial charge in [-0.3, -0.25) is 0 Å². The summed E-state index contributed by atoms with van der Waals surface area (Å²) in [7, 11) is 0. The number of rotatable bonds is 4. The van der Waals surface area contributed by atoms with E-state index in [1.54, 1.807) is 17.8 Å². The zero-order chi connectivity index (χ0) is 12.3.